The second-order valence-corrected chi connectivity index (χ2v) is 8.43. The highest BCUT2D eigenvalue weighted by Gasteiger charge is 2.61. The van der Waals surface area contributed by atoms with Gasteiger partial charge < -0.3 is 9.47 Å². The van der Waals surface area contributed by atoms with Gasteiger partial charge in [0.15, 0.2) is 0 Å². The van der Waals surface area contributed by atoms with Crippen LogP contribution < -0.4 is 0 Å². The highest BCUT2D eigenvalue weighted by molar-refractivity contribution is 5.94. The lowest BCUT2D eigenvalue weighted by Crippen LogP contribution is -2.45. The lowest BCUT2D eigenvalue weighted by Gasteiger charge is -2.37. The van der Waals surface area contributed by atoms with Gasteiger partial charge in [0.25, 0.3) is 0 Å². The molecule has 0 amide bonds. The van der Waals surface area contributed by atoms with Gasteiger partial charge in [-0.1, -0.05) is 20.4 Å². The van der Waals surface area contributed by atoms with E-state index in [-0.39, 0.29) is 41.4 Å². The number of carbonyl (C=O) groups is 3. The number of hydrogen-bond acceptors (Lipinski definition) is 5. The van der Waals surface area contributed by atoms with E-state index in [1.165, 1.54) is 0 Å². The van der Waals surface area contributed by atoms with Gasteiger partial charge in [-0.3, -0.25) is 9.59 Å². The molecule has 0 aromatic carbocycles. The first-order chi connectivity index (χ1) is 11.7. The summed E-state index contributed by atoms with van der Waals surface area (Å²) < 4.78 is 11.1. The van der Waals surface area contributed by atoms with Gasteiger partial charge in [-0.25, -0.2) is 4.79 Å². The molecule has 5 heteroatoms. The first kappa shape index (κ1) is 18.2. The third kappa shape index (κ3) is 3.02. The van der Waals surface area contributed by atoms with Crippen LogP contribution >= 0.6 is 0 Å². The SMILES string of the molecule is C=C1C(=O)OC2C1CCC(COC(=O)CC(C)C)C1CCC(=O)C12C. The van der Waals surface area contributed by atoms with Crippen molar-refractivity contribution in [1.29, 1.82) is 0 Å². The molecule has 3 fully saturated rings. The third-order valence-electron chi connectivity index (χ3n) is 6.40. The van der Waals surface area contributed by atoms with Crippen LogP contribution in [0.3, 0.4) is 0 Å². The number of carbonyl (C=O) groups excluding carboxylic acids is 3. The number of esters is 2. The highest BCUT2D eigenvalue weighted by Crippen LogP contribution is 2.56. The predicted octanol–water partition coefficient (Wildman–Crippen LogP) is 3.07. The smallest absolute Gasteiger partial charge is 0.334 e. The van der Waals surface area contributed by atoms with Crippen molar-refractivity contribution in [1.82, 2.24) is 0 Å². The van der Waals surface area contributed by atoms with Crippen molar-refractivity contribution in [2.45, 2.75) is 59.0 Å². The number of ether oxygens (including phenoxy) is 2. The van der Waals surface area contributed by atoms with Crippen molar-refractivity contribution < 1.29 is 23.9 Å². The maximum Gasteiger partial charge on any atom is 0.334 e. The summed E-state index contributed by atoms with van der Waals surface area (Å²) in [5.74, 6) is -0.00104. The minimum Gasteiger partial charge on any atom is -0.465 e. The molecule has 5 nitrogen and oxygen atoms in total. The molecule has 0 aromatic heterocycles. The van der Waals surface area contributed by atoms with Crippen molar-refractivity contribution in [3.63, 3.8) is 0 Å². The van der Waals surface area contributed by atoms with Gasteiger partial charge in [-0.2, -0.15) is 0 Å². The Morgan fingerprint density at radius 3 is 2.72 bits per heavy atom. The van der Waals surface area contributed by atoms with Crippen molar-refractivity contribution in [3.05, 3.63) is 12.2 Å². The number of fused-ring (bicyclic) bond motifs is 3. The molecule has 5 atom stereocenters. The average Bonchev–Trinajstić information content (AvgIpc) is 2.95. The molecule has 0 aromatic rings. The van der Waals surface area contributed by atoms with Crippen LogP contribution in [0, 0.1) is 29.1 Å². The van der Waals surface area contributed by atoms with E-state index < -0.39 is 11.5 Å². The Labute approximate surface area is 149 Å². The second-order valence-electron chi connectivity index (χ2n) is 8.43. The predicted molar refractivity (Wildman–Crippen MR) is 91.5 cm³/mol. The van der Waals surface area contributed by atoms with Gasteiger partial charge in [0.05, 0.1) is 12.0 Å². The molecule has 0 radical (unpaired) electrons. The molecule has 2 aliphatic carbocycles. The fourth-order valence-electron chi connectivity index (χ4n) is 5.02. The molecule has 0 bridgehead atoms. The van der Waals surface area contributed by atoms with Crippen LogP contribution in [0.5, 0.6) is 0 Å². The molecule has 1 saturated heterocycles. The van der Waals surface area contributed by atoms with Crippen LogP contribution in [0.25, 0.3) is 0 Å². The van der Waals surface area contributed by atoms with Gasteiger partial charge in [0.2, 0.25) is 0 Å². The molecule has 2 saturated carbocycles. The maximum atomic E-state index is 12.7. The van der Waals surface area contributed by atoms with Gasteiger partial charge in [-0.05, 0) is 43.9 Å². The molecule has 25 heavy (non-hydrogen) atoms. The topological polar surface area (TPSA) is 69.7 Å². The van der Waals surface area contributed by atoms with Crippen LogP contribution in [-0.4, -0.2) is 30.4 Å². The molecule has 138 valence electrons. The van der Waals surface area contributed by atoms with E-state index in [2.05, 4.69) is 6.58 Å². The minimum atomic E-state index is -0.689. The van der Waals surface area contributed by atoms with Crippen LogP contribution in [0.1, 0.15) is 52.9 Å². The average molecular weight is 348 g/mol. The third-order valence-corrected chi connectivity index (χ3v) is 6.40. The molecule has 0 spiro atoms. The number of Topliss-reactive ketones (excluding diaryl/α,β-unsaturated/α-hetero) is 1. The van der Waals surface area contributed by atoms with Crippen molar-refractivity contribution >= 4 is 17.7 Å². The summed E-state index contributed by atoms with van der Waals surface area (Å²) >= 11 is 0. The fraction of sp³-hybridized carbons (Fsp3) is 0.750. The van der Waals surface area contributed by atoms with Gasteiger partial charge in [-0.15, -0.1) is 0 Å². The first-order valence-electron chi connectivity index (χ1n) is 9.33. The summed E-state index contributed by atoms with van der Waals surface area (Å²) in [6, 6.07) is 0. The Morgan fingerprint density at radius 1 is 1.32 bits per heavy atom. The van der Waals surface area contributed by atoms with E-state index in [0.717, 1.165) is 19.3 Å². The molecule has 0 N–H and O–H groups in total. The fourth-order valence-corrected chi connectivity index (χ4v) is 5.02. The van der Waals surface area contributed by atoms with Crippen molar-refractivity contribution in [2.75, 3.05) is 6.61 Å². The summed E-state index contributed by atoms with van der Waals surface area (Å²) in [6.45, 7) is 10.1. The first-order valence-corrected chi connectivity index (χ1v) is 9.33. The Kier molecular flexibility index (Phi) is 4.78. The summed E-state index contributed by atoms with van der Waals surface area (Å²) in [5, 5.41) is 0. The zero-order valence-electron chi connectivity index (χ0n) is 15.4. The Bertz CT molecular complexity index is 607. The molecular weight excluding hydrogens is 320 g/mol. The highest BCUT2D eigenvalue weighted by atomic mass is 16.6. The van der Waals surface area contributed by atoms with Crippen LogP contribution in [0.4, 0.5) is 0 Å². The summed E-state index contributed by atoms with van der Waals surface area (Å²) in [7, 11) is 0. The number of rotatable bonds is 4. The second kappa shape index (κ2) is 6.58. The van der Waals surface area contributed by atoms with E-state index in [0.29, 0.717) is 25.0 Å². The van der Waals surface area contributed by atoms with Crippen molar-refractivity contribution in [2.24, 2.45) is 29.1 Å². The largest absolute Gasteiger partial charge is 0.465 e. The maximum absolute atomic E-state index is 12.7. The Balaban J connectivity index is 1.80. The molecule has 5 unspecified atom stereocenters. The van der Waals surface area contributed by atoms with E-state index >= 15 is 0 Å². The minimum absolute atomic E-state index is 0.0838. The summed E-state index contributed by atoms with van der Waals surface area (Å²) in [6.07, 6.45) is 2.84. The van der Waals surface area contributed by atoms with Gasteiger partial charge in [0, 0.05) is 24.3 Å². The molecule has 1 heterocycles. The molecule has 3 rings (SSSR count). The van der Waals surface area contributed by atoms with E-state index in [1.807, 2.05) is 20.8 Å². The standard InChI is InChI=1S/C20H28O5/c1-11(2)9-17(22)24-10-13-5-6-14-12(3)19(23)25-18(14)20(4)15(13)7-8-16(20)21/h11,13-15,18H,3,5-10H2,1-2,4H3. The number of ketones is 1. The zero-order valence-corrected chi connectivity index (χ0v) is 15.4. The lowest BCUT2D eigenvalue weighted by molar-refractivity contribution is -0.152. The van der Waals surface area contributed by atoms with E-state index in [4.69, 9.17) is 9.47 Å². The zero-order chi connectivity index (χ0) is 18.4. The molecular formula is C20H28O5. The van der Waals surface area contributed by atoms with Gasteiger partial charge in [0.1, 0.15) is 11.9 Å². The summed E-state index contributed by atoms with van der Waals surface area (Å²) in [5.41, 5.74) is -0.201. The molecule has 1 aliphatic heterocycles. The quantitative estimate of drug-likeness (QED) is 0.577. The van der Waals surface area contributed by atoms with E-state index in [9.17, 15) is 14.4 Å². The van der Waals surface area contributed by atoms with Crippen LogP contribution in [0.15, 0.2) is 12.2 Å². The Hall–Kier alpha value is -1.65. The van der Waals surface area contributed by atoms with E-state index in [1.54, 1.807) is 0 Å². The lowest BCUT2D eigenvalue weighted by atomic mass is 9.68. The number of hydrogen-bond donors (Lipinski definition) is 0. The van der Waals surface area contributed by atoms with Crippen molar-refractivity contribution in [3.8, 4) is 0 Å². The summed E-state index contributed by atoms with van der Waals surface area (Å²) in [4.78, 5) is 36.7. The van der Waals surface area contributed by atoms with Crippen LogP contribution in [-0.2, 0) is 23.9 Å². The Morgan fingerprint density at radius 2 is 2.04 bits per heavy atom. The molecule has 3 aliphatic rings. The van der Waals surface area contributed by atoms with Crippen LogP contribution in [0.2, 0.25) is 0 Å². The monoisotopic (exact) mass is 348 g/mol. The van der Waals surface area contributed by atoms with Gasteiger partial charge >= 0.3 is 11.9 Å². The normalized spacial score (nSPS) is 37.5.